The molecule has 1 aliphatic rings. The number of carbonyl (C=O) groups is 1. The average Bonchev–Trinajstić information content (AvgIpc) is 2.77. The van der Waals surface area contributed by atoms with Crippen LogP contribution in [0.25, 0.3) is 0 Å². The van der Waals surface area contributed by atoms with Gasteiger partial charge in [0.2, 0.25) is 6.61 Å². The first-order valence-electron chi connectivity index (χ1n) is 8.81. The van der Waals surface area contributed by atoms with E-state index in [1.807, 2.05) is 48.5 Å². The lowest BCUT2D eigenvalue weighted by Crippen LogP contribution is -2.28. The highest BCUT2D eigenvalue weighted by atomic mass is 16.5. The van der Waals surface area contributed by atoms with Crippen molar-refractivity contribution in [2.45, 2.75) is 0 Å². The first kappa shape index (κ1) is 19.3. The molecule has 0 atom stereocenters. The van der Waals surface area contributed by atoms with Gasteiger partial charge >= 0.3 is 0 Å². The zero-order chi connectivity index (χ0) is 20.9. The van der Waals surface area contributed by atoms with Crippen molar-refractivity contribution in [1.82, 2.24) is 11.5 Å². The van der Waals surface area contributed by atoms with Crippen LogP contribution in [0.2, 0.25) is 0 Å². The maximum absolute atomic E-state index is 13.3. The highest BCUT2D eigenvalue weighted by Crippen LogP contribution is 2.46. The van der Waals surface area contributed by atoms with Crippen molar-refractivity contribution in [2.24, 2.45) is 4.99 Å². The van der Waals surface area contributed by atoms with Gasteiger partial charge in [-0.1, -0.05) is 24.3 Å². The SMILES string of the molecule is [N]C([N])=N[C][C][C]Oc1ccc(C(=O)N2c3ccccc3Oc3ccccc32)cc1. The molecular formula is C23H12N4O3. The lowest BCUT2D eigenvalue weighted by atomic mass is 10.1. The van der Waals surface area contributed by atoms with E-state index in [0.717, 1.165) is 0 Å². The van der Waals surface area contributed by atoms with Crippen molar-refractivity contribution in [1.29, 1.82) is 0 Å². The quantitative estimate of drug-likeness (QED) is 0.363. The number of nitrogens with zero attached hydrogens (tertiary/aromatic N) is 4. The predicted octanol–water partition coefficient (Wildman–Crippen LogP) is 3.80. The van der Waals surface area contributed by atoms with Crippen LogP contribution in [0.4, 0.5) is 11.4 Å². The van der Waals surface area contributed by atoms with E-state index in [4.69, 9.17) is 20.9 Å². The molecule has 0 N–H and O–H groups in total. The molecule has 0 saturated carbocycles. The number of carbonyl (C=O) groups excluding carboxylic acids is 1. The van der Waals surface area contributed by atoms with Crippen molar-refractivity contribution in [3.8, 4) is 17.2 Å². The van der Waals surface area contributed by atoms with E-state index in [9.17, 15) is 4.79 Å². The molecule has 0 fully saturated rings. The van der Waals surface area contributed by atoms with Crippen LogP contribution in [-0.2, 0) is 0 Å². The van der Waals surface area contributed by atoms with E-state index in [1.54, 1.807) is 29.2 Å². The number of anilines is 2. The third kappa shape index (κ3) is 4.05. The zero-order valence-electron chi connectivity index (χ0n) is 15.4. The fourth-order valence-corrected chi connectivity index (χ4v) is 2.90. The number of para-hydroxylation sites is 4. The normalized spacial score (nSPS) is 11.7. The van der Waals surface area contributed by atoms with E-state index in [-0.39, 0.29) is 5.91 Å². The van der Waals surface area contributed by atoms with Crippen LogP contribution in [0.1, 0.15) is 10.4 Å². The Hall–Kier alpha value is -4.00. The summed E-state index contributed by atoms with van der Waals surface area (Å²) < 4.78 is 11.1. The minimum atomic E-state index is -1.14. The molecule has 1 heterocycles. The summed E-state index contributed by atoms with van der Waals surface area (Å²) in [5.74, 6) is 0.247. The van der Waals surface area contributed by atoms with Gasteiger partial charge in [0.1, 0.15) is 12.3 Å². The van der Waals surface area contributed by atoms with Gasteiger partial charge in [-0.25, -0.2) is 4.99 Å². The summed E-state index contributed by atoms with van der Waals surface area (Å²) in [6.07, 6.45) is 2.26. The minimum Gasteiger partial charge on any atom is -0.478 e. The van der Waals surface area contributed by atoms with Crippen LogP contribution in [0.15, 0.2) is 77.8 Å². The van der Waals surface area contributed by atoms with Crippen LogP contribution >= 0.6 is 0 Å². The second kappa shape index (κ2) is 8.57. The number of hydrogen-bond donors (Lipinski definition) is 0. The summed E-state index contributed by atoms with van der Waals surface area (Å²) in [5.41, 5.74) is 18.7. The number of aliphatic imine (C=N–C) groups is 1. The average molecular weight is 392 g/mol. The molecule has 3 aromatic rings. The van der Waals surface area contributed by atoms with Crippen molar-refractivity contribution in [2.75, 3.05) is 4.90 Å². The topological polar surface area (TPSA) is 95.7 Å². The summed E-state index contributed by atoms with van der Waals surface area (Å²) in [6.45, 7) is 4.37. The fourth-order valence-electron chi connectivity index (χ4n) is 2.90. The third-order valence-electron chi connectivity index (χ3n) is 4.17. The Balaban J connectivity index is 1.52. The predicted molar refractivity (Wildman–Crippen MR) is 108 cm³/mol. The van der Waals surface area contributed by atoms with Crippen LogP contribution in [0, 0.1) is 19.6 Å². The van der Waals surface area contributed by atoms with Crippen molar-refractivity contribution in [3.63, 3.8) is 0 Å². The van der Waals surface area contributed by atoms with Crippen LogP contribution < -0.4 is 25.8 Å². The Morgan fingerprint density at radius 3 is 2.10 bits per heavy atom. The highest BCUT2D eigenvalue weighted by Gasteiger charge is 2.29. The van der Waals surface area contributed by atoms with E-state index in [1.165, 1.54) is 0 Å². The summed E-state index contributed by atoms with van der Waals surface area (Å²) in [7, 11) is 0. The van der Waals surface area contributed by atoms with Crippen molar-refractivity contribution >= 4 is 23.2 Å². The first-order valence-corrected chi connectivity index (χ1v) is 8.81. The summed E-state index contributed by atoms with van der Waals surface area (Å²) in [5, 5.41) is 0. The van der Waals surface area contributed by atoms with Crippen LogP contribution in [0.3, 0.4) is 0 Å². The number of hydrogen-bond acceptors (Lipinski definition) is 4. The number of amides is 1. The van der Waals surface area contributed by atoms with Gasteiger partial charge in [-0.3, -0.25) is 9.69 Å². The monoisotopic (exact) mass is 392 g/mol. The number of guanidine groups is 1. The van der Waals surface area contributed by atoms with E-state index in [0.29, 0.717) is 34.2 Å². The molecule has 1 aliphatic heterocycles. The van der Waals surface area contributed by atoms with E-state index in [2.05, 4.69) is 24.6 Å². The number of rotatable bonds is 6. The summed E-state index contributed by atoms with van der Waals surface area (Å²) >= 11 is 0. The smallest absolute Gasteiger partial charge is 0.284 e. The first-order chi connectivity index (χ1) is 14.6. The second-order valence-electron chi connectivity index (χ2n) is 6.06. The summed E-state index contributed by atoms with van der Waals surface area (Å²) in [4.78, 5) is 18.0. The molecule has 10 radical (unpaired) electrons. The van der Waals surface area contributed by atoms with Gasteiger partial charge in [-0.05, 0) is 48.5 Å². The molecule has 1 amide bonds. The summed E-state index contributed by atoms with van der Waals surface area (Å²) in [6, 6.07) is 21.2. The van der Waals surface area contributed by atoms with Gasteiger partial charge in [0.25, 0.3) is 11.9 Å². The Kier molecular flexibility index (Phi) is 5.52. The molecule has 3 aromatic carbocycles. The minimum absolute atomic E-state index is 0.217. The van der Waals surface area contributed by atoms with E-state index >= 15 is 0 Å². The zero-order valence-corrected chi connectivity index (χ0v) is 15.4. The second-order valence-corrected chi connectivity index (χ2v) is 6.06. The maximum atomic E-state index is 13.3. The highest BCUT2D eigenvalue weighted by molar-refractivity contribution is 6.13. The molecule has 0 saturated heterocycles. The molecule has 30 heavy (non-hydrogen) atoms. The molecule has 0 aromatic heterocycles. The number of benzene rings is 3. The van der Waals surface area contributed by atoms with Gasteiger partial charge in [-0.2, -0.15) is 0 Å². The van der Waals surface area contributed by atoms with Gasteiger partial charge in [0.05, 0.1) is 17.8 Å². The lowest BCUT2D eigenvalue weighted by Gasteiger charge is -2.31. The molecule has 0 aliphatic carbocycles. The molecule has 0 spiro atoms. The molecule has 7 heteroatoms. The van der Waals surface area contributed by atoms with Crippen LogP contribution in [0.5, 0.6) is 17.2 Å². The van der Waals surface area contributed by atoms with Gasteiger partial charge in [-0.15, -0.1) is 11.5 Å². The standard InChI is InChI=1S/C23H12N4O3/c24-23(25)26-14-5-15-29-17-12-10-16(11-13-17)22(28)27-18-6-1-3-8-20(18)30-21-9-4-2-7-19(21)27/h1-4,6-13H. The largest absolute Gasteiger partial charge is 0.478 e. The lowest BCUT2D eigenvalue weighted by molar-refractivity contribution is 0.0997. The van der Waals surface area contributed by atoms with Crippen molar-refractivity contribution < 1.29 is 14.3 Å². The molecule has 4 rings (SSSR count). The molecule has 7 nitrogen and oxygen atoms in total. The van der Waals surface area contributed by atoms with Gasteiger partial charge in [0.15, 0.2) is 11.5 Å². The molecule has 0 bridgehead atoms. The van der Waals surface area contributed by atoms with Gasteiger partial charge < -0.3 is 9.47 Å². The van der Waals surface area contributed by atoms with Gasteiger partial charge in [0, 0.05) is 5.56 Å². The third-order valence-corrected chi connectivity index (χ3v) is 4.17. The molecule has 0 unspecified atom stereocenters. The molecular weight excluding hydrogens is 380 g/mol. The Bertz CT molecular complexity index is 1030. The number of ether oxygens (including phenoxy) is 2. The Morgan fingerprint density at radius 2 is 1.50 bits per heavy atom. The van der Waals surface area contributed by atoms with Crippen LogP contribution in [-0.4, -0.2) is 11.9 Å². The Labute approximate surface area is 174 Å². The van der Waals surface area contributed by atoms with Crippen molar-refractivity contribution in [3.05, 3.63) is 97.9 Å². The maximum Gasteiger partial charge on any atom is 0.284 e. The van der Waals surface area contributed by atoms with E-state index < -0.39 is 5.96 Å². The number of fused-ring (bicyclic) bond motifs is 2. The Morgan fingerprint density at radius 1 is 0.900 bits per heavy atom. The fraction of sp³-hybridized carbons (Fsp3) is 0. The molecule has 142 valence electrons.